The van der Waals surface area contributed by atoms with Crippen LogP contribution in [0.25, 0.3) is 27.8 Å². The first-order valence-electron chi connectivity index (χ1n) is 12.5. The van der Waals surface area contributed by atoms with Crippen LogP contribution in [-0.2, 0) is 4.79 Å². The van der Waals surface area contributed by atoms with E-state index < -0.39 is 0 Å². The number of nitrogens with zero attached hydrogens (tertiary/aromatic N) is 5. The minimum absolute atomic E-state index is 0.312. The topological polar surface area (TPSA) is 88.4 Å². The molecule has 0 unspecified atom stereocenters. The maximum Gasteiger partial charge on any atom is 0.197 e. The van der Waals surface area contributed by atoms with Crippen molar-refractivity contribution in [2.24, 2.45) is 0 Å². The number of Topliss-reactive ketones (excluding diaryl/α,β-unsaturated/α-hetero) is 1. The number of aromatic amines is 1. The van der Waals surface area contributed by atoms with Crippen molar-refractivity contribution >= 4 is 22.3 Å². The Hall–Kier alpha value is -3.26. The molecule has 35 heavy (non-hydrogen) atoms. The van der Waals surface area contributed by atoms with E-state index >= 15 is 0 Å². The summed E-state index contributed by atoms with van der Waals surface area (Å²) >= 11 is 0. The number of H-pyrrole nitrogens is 1. The number of methoxy groups -OCH3 is 1. The standard InChI is InChI=1S/C27H34N6O2/c1-6-20(34)14-32-9-7-18(8-10-32)25-17(4)24-21(12-28-25)31-26(23(24)16(2)3)19-11-22(35-5)27-29-15-30-33(27)13-19/h11-13,15-16,18,31H,6-10,14H2,1-5H3. The van der Waals surface area contributed by atoms with E-state index in [9.17, 15) is 4.79 Å². The van der Waals surface area contributed by atoms with Crippen LogP contribution in [0.15, 0.2) is 24.8 Å². The predicted molar refractivity (Wildman–Crippen MR) is 137 cm³/mol. The third kappa shape index (κ3) is 4.20. The first-order valence-corrected chi connectivity index (χ1v) is 12.5. The lowest BCUT2D eigenvalue weighted by atomic mass is 9.87. The van der Waals surface area contributed by atoms with Gasteiger partial charge in [0, 0.05) is 35.2 Å². The van der Waals surface area contributed by atoms with Crippen molar-refractivity contribution in [3.63, 3.8) is 0 Å². The molecular formula is C27H34N6O2. The Morgan fingerprint density at radius 2 is 2.03 bits per heavy atom. The number of pyridine rings is 2. The molecular weight excluding hydrogens is 440 g/mol. The fraction of sp³-hybridized carbons (Fsp3) is 0.481. The van der Waals surface area contributed by atoms with Gasteiger partial charge in [0.05, 0.1) is 31.1 Å². The monoisotopic (exact) mass is 474 g/mol. The summed E-state index contributed by atoms with van der Waals surface area (Å²) in [6.07, 6.45) is 8.21. The summed E-state index contributed by atoms with van der Waals surface area (Å²) in [5.74, 6) is 1.74. The smallest absolute Gasteiger partial charge is 0.197 e. The number of rotatable bonds is 7. The van der Waals surface area contributed by atoms with Crippen LogP contribution in [0.1, 0.15) is 68.7 Å². The maximum atomic E-state index is 11.9. The second kappa shape index (κ2) is 9.41. The summed E-state index contributed by atoms with van der Waals surface area (Å²) in [5, 5.41) is 5.60. The zero-order valence-electron chi connectivity index (χ0n) is 21.3. The third-order valence-corrected chi connectivity index (χ3v) is 7.36. The van der Waals surface area contributed by atoms with Gasteiger partial charge in [-0.1, -0.05) is 20.8 Å². The lowest BCUT2D eigenvalue weighted by molar-refractivity contribution is -0.120. The number of carbonyl (C=O) groups is 1. The summed E-state index contributed by atoms with van der Waals surface area (Å²) in [4.78, 5) is 27.1. The maximum absolute atomic E-state index is 11.9. The number of hydrogen-bond donors (Lipinski definition) is 1. The van der Waals surface area contributed by atoms with Gasteiger partial charge in [0.1, 0.15) is 12.1 Å². The Kier molecular flexibility index (Phi) is 6.32. The van der Waals surface area contributed by atoms with Gasteiger partial charge in [-0.2, -0.15) is 5.10 Å². The summed E-state index contributed by atoms with van der Waals surface area (Å²) in [6, 6.07) is 2.03. The van der Waals surface area contributed by atoms with E-state index in [1.165, 1.54) is 22.2 Å². The normalized spacial score (nSPS) is 15.5. The molecule has 0 aromatic carbocycles. The van der Waals surface area contributed by atoms with Crippen LogP contribution in [-0.4, -0.2) is 62.0 Å². The lowest BCUT2D eigenvalue weighted by Crippen LogP contribution is -2.36. The molecule has 1 saturated heterocycles. The number of ether oxygens (including phenoxy) is 1. The second-order valence-corrected chi connectivity index (χ2v) is 9.89. The van der Waals surface area contributed by atoms with E-state index in [1.54, 1.807) is 18.0 Å². The number of aryl methyl sites for hydroxylation is 1. The number of hydrogen-bond acceptors (Lipinski definition) is 6. The van der Waals surface area contributed by atoms with E-state index in [2.05, 4.69) is 40.7 Å². The van der Waals surface area contributed by atoms with E-state index in [-0.39, 0.29) is 0 Å². The van der Waals surface area contributed by atoms with Crippen LogP contribution in [0.4, 0.5) is 0 Å². The average Bonchev–Trinajstić information content (AvgIpc) is 3.49. The summed E-state index contributed by atoms with van der Waals surface area (Å²) < 4.78 is 7.37. The molecule has 1 aliphatic heterocycles. The third-order valence-electron chi connectivity index (χ3n) is 7.36. The minimum Gasteiger partial charge on any atom is -0.493 e. The Morgan fingerprint density at radius 1 is 1.26 bits per heavy atom. The highest BCUT2D eigenvalue weighted by Crippen LogP contribution is 2.40. The molecule has 4 aromatic heterocycles. The Balaban J connectivity index is 1.54. The molecule has 0 spiro atoms. The van der Waals surface area contributed by atoms with E-state index in [0.29, 0.717) is 42.0 Å². The van der Waals surface area contributed by atoms with Crippen LogP contribution < -0.4 is 4.74 Å². The van der Waals surface area contributed by atoms with E-state index in [4.69, 9.17) is 9.72 Å². The van der Waals surface area contributed by atoms with Crippen LogP contribution in [0.3, 0.4) is 0 Å². The molecule has 1 fully saturated rings. The van der Waals surface area contributed by atoms with Gasteiger partial charge in [0.2, 0.25) is 0 Å². The summed E-state index contributed by atoms with van der Waals surface area (Å²) in [7, 11) is 1.66. The quantitative estimate of drug-likeness (QED) is 0.411. The molecule has 5 heterocycles. The zero-order chi connectivity index (χ0) is 24.7. The van der Waals surface area contributed by atoms with Crippen molar-refractivity contribution in [2.45, 2.75) is 58.8 Å². The van der Waals surface area contributed by atoms with Crippen molar-refractivity contribution in [1.29, 1.82) is 0 Å². The van der Waals surface area contributed by atoms with Gasteiger partial charge in [-0.15, -0.1) is 0 Å². The molecule has 0 bridgehead atoms. The average molecular weight is 475 g/mol. The molecule has 4 aromatic rings. The van der Waals surface area contributed by atoms with E-state index in [1.807, 2.05) is 25.4 Å². The highest BCUT2D eigenvalue weighted by molar-refractivity contribution is 5.94. The largest absolute Gasteiger partial charge is 0.493 e. The predicted octanol–water partition coefficient (Wildman–Crippen LogP) is 4.87. The fourth-order valence-corrected chi connectivity index (χ4v) is 5.52. The summed E-state index contributed by atoms with van der Waals surface area (Å²) in [6.45, 7) is 11.1. The fourth-order valence-electron chi connectivity index (χ4n) is 5.52. The van der Waals surface area contributed by atoms with Gasteiger partial charge in [-0.25, -0.2) is 9.50 Å². The molecule has 0 saturated carbocycles. The van der Waals surface area contributed by atoms with Crippen LogP contribution in [0.2, 0.25) is 0 Å². The molecule has 8 heteroatoms. The molecule has 5 rings (SSSR count). The van der Waals surface area contributed by atoms with Crippen LogP contribution >= 0.6 is 0 Å². The highest BCUT2D eigenvalue weighted by atomic mass is 16.5. The van der Waals surface area contributed by atoms with E-state index in [0.717, 1.165) is 42.7 Å². The zero-order valence-corrected chi connectivity index (χ0v) is 21.3. The van der Waals surface area contributed by atoms with Gasteiger partial charge in [-0.05, 0) is 56.0 Å². The number of aromatic nitrogens is 5. The SMILES string of the molecule is CCC(=O)CN1CCC(c2ncc3[nH]c(-c4cc(OC)c5ncnn5c4)c(C(C)C)c3c2C)CC1. The lowest BCUT2D eigenvalue weighted by Gasteiger charge is -2.31. The number of ketones is 1. The summed E-state index contributed by atoms with van der Waals surface area (Å²) in [5.41, 5.74) is 7.56. The number of piperidine rings is 1. The Morgan fingerprint density at radius 3 is 2.71 bits per heavy atom. The minimum atomic E-state index is 0.312. The molecule has 0 atom stereocenters. The van der Waals surface area contributed by atoms with Crippen molar-refractivity contribution in [2.75, 3.05) is 26.7 Å². The molecule has 0 radical (unpaired) electrons. The molecule has 184 valence electrons. The van der Waals surface area contributed by atoms with Gasteiger partial charge in [0.15, 0.2) is 11.4 Å². The van der Waals surface area contributed by atoms with Crippen LogP contribution in [0.5, 0.6) is 5.75 Å². The van der Waals surface area contributed by atoms with Crippen molar-refractivity contribution < 1.29 is 9.53 Å². The number of carbonyl (C=O) groups excluding carboxylic acids is 1. The van der Waals surface area contributed by atoms with Crippen molar-refractivity contribution in [1.82, 2.24) is 29.5 Å². The molecule has 1 aliphatic rings. The first-order chi connectivity index (χ1) is 16.9. The molecule has 1 N–H and O–H groups in total. The number of fused-ring (bicyclic) bond motifs is 2. The van der Waals surface area contributed by atoms with Crippen molar-refractivity contribution in [3.05, 3.63) is 41.6 Å². The second-order valence-electron chi connectivity index (χ2n) is 9.89. The number of likely N-dealkylation sites (tertiary alicyclic amines) is 1. The number of nitrogens with one attached hydrogen (secondary N) is 1. The highest BCUT2D eigenvalue weighted by Gasteiger charge is 2.27. The Bertz CT molecular complexity index is 1380. The Labute approximate surface area is 205 Å². The molecule has 0 amide bonds. The first kappa shape index (κ1) is 23.5. The van der Waals surface area contributed by atoms with Crippen LogP contribution in [0, 0.1) is 6.92 Å². The van der Waals surface area contributed by atoms with Gasteiger partial charge >= 0.3 is 0 Å². The van der Waals surface area contributed by atoms with Gasteiger partial charge < -0.3 is 9.72 Å². The molecule has 0 aliphatic carbocycles. The van der Waals surface area contributed by atoms with Gasteiger partial charge in [-0.3, -0.25) is 14.7 Å². The van der Waals surface area contributed by atoms with Gasteiger partial charge in [0.25, 0.3) is 0 Å². The molecule has 8 nitrogen and oxygen atoms in total. The van der Waals surface area contributed by atoms with Crippen molar-refractivity contribution in [3.8, 4) is 17.0 Å².